The Labute approximate surface area is 121 Å². The van der Waals surface area contributed by atoms with Gasteiger partial charge in [0.15, 0.2) is 0 Å². The highest BCUT2D eigenvalue weighted by Crippen LogP contribution is 2.19. The summed E-state index contributed by atoms with van der Waals surface area (Å²) < 4.78 is 25.8. The van der Waals surface area contributed by atoms with Gasteiger partial charge in [-0.3, -0.25) is 4.21 Å². The van der Waals surface area contributed by atoms with Crippen LogP contribution in [0.1, 0.15) is 22.7 Å². The molecule has 0 fully saturated rings. The van der Waals surface area contributed by atoms with E-state index < -0.39 is 16.6 Å². The lowest BCUT2D eigenvalue weighted by molar-refractivity contribution is 0.594. The van der Waals surface area contributed by atoms with Crippen LogP contribution < -0.4 is 5.73 Å². The first-order valence-electron chi connectivity index (χ1n) is 6.44. The lowest BCUT2D eigenvalue weighted by atomic mass is 10.0. The predicted octanol–water partition coefficient (Wildman–Crippen LogP) is 3.25. The number of hydrogen-bond donors (Lipinski definition) is 1. The number of benzene rings is 2. The van der Waals surface area contributed by atoms with Crippen molar-refractivity contribution in [2.75, 3.05) is 5.75 Å². The van der Waals surface area contributed by atoms with Crippen LogP contribution in [0.15, 0.2) is 47.4 Å². The Morgan fingerprint density at radius 1 is 1.15 bits per heavy atom. The molecule has 0 saturated carbocycles. The van der Waals surface area contributed by atoms with Gasteiger partial charge in [-0.15, -0.1) is 0 Å². The number of rotatable bonds is 4. The molecule has 0 amide bonds. The molecule has 106 valence electrons. The van der Waals surface area contributed by atoms with Crippen molar-refractivity contribution in [1.29, 1.82) is 0 Å². The van der Waals surface area contributed by atoms with Crippen LogP contribution >= 0.6 is 0 Å². The summed E-state index contributed by atoms with van der Waals surface area (Å²) in [5.41, 5.74) is 9.35. The smallest absolute Gasteiger partial charge is 0.139 e. The zero-order chi connectivity index (χ0) is 14.7. The Morgan fingerprint density at radius 2 is 1.85 bits per heavy atom. The fraction of sp³-hybridized carbons (Fsp3) is 0.250. The average molecular weight is 291 g/mol. The highest BCUT2D eigenvalue weighted by molar-refractivity contribution is 7.85. The molecule has 2 atom stereocenters. The molecule has 20 heavy (non-hydrogen) atoms. The van der Waals surface area contributed by atoms with E-state index in [-0.39, 0.29) is 16.7 Å². The summed E-state index contributed by atoms with van der Waals surface area (Å²) in [4.78, 5) is 0.215. The van der Waals surface area contributed by atoms with Gasteiger partial charge in [0.1, 0.15) is 5.82 Å². The molecule has 4 heteroatoms. The minimum atomic E-state index is -1.44. The lowest BCUT2D eigenvalue weighted by Gasteiger charge is -2.13. The van der Waals surface area contributed by atoms with E-state index in [9.17, 15) is 8.60 Å². The molecule has 2 aromatic carbocycles. The molecular formula is C16H18FNOS. The first kappa shape index (κ1) is 14.9. The number of halogens is 1. The average Bonchev–Trinajstić information content (AvgIpc) is 2.42. The quantitative estimate of drug-likeness (QED) is 0.939. The molecule has 0 radical (unpaired) electrons. The van der Waals surface area contributed by atoms with Gasteiger partial charge in [-0.05, 0) is 42.7 Å². The topological polar surface area (TPSA) is 43.1 Å². The third-order valence-electron chi connectivity index (χ3n) is 3.37. The Morgan fingerprint density at radius 3 is 2.50 bits per heavy atom. The van der Waals surface area contributed by atoms with Crippen LogP contribution in [-0.4, -0.2) is 9.96 Å². The van der Waals surface area contributed by atoms with Gasteiger partial charge in [0.25, 0.3) is 0 Å². The molecule has 0 aliphatic rings. The number of aryl methyl sites for hydroxylation is 2. The monoisotopic (exact) mass is 291 g/mol. The SMILES string of the molecule is Cc1ccc(C(N)CS(=O)c2ccccc2F)cc1C. The van der Waals surface area contributed by atoms with Crippen LogP contribution in [0.2, 0.25) is 0 Å². The Kier molecular flexibility index (Phi) is 4.68. The zero-order valence-electron chi connectivity index (χ0n) is 11.6. The summed E-state index contributed by atoms with van der Waals surface area (Å²) in [6.45, 7) is 4.04. The predicted molar refractivity (Wildman–Crippen MR) is 80.5 cm³/mol. The van der Waals surface area contributed by atoms with Crippen LogP contribution in [0.5, 0.6) is 0 Å². The molecule has 2 nitrogen and oxygen atoms in total. The molecule has 0 aliphatic carbocycles. The second-order valence-corrected chi connectivity index (χ2v) is 6.36. The summed E-state index contributed by atoms with van der Waals surface area (Å²) in [5, 5.41) is 0. The Bertz CT molecular complexity index is 642. The van der Waals surface area contributed by atoms with Crippen LogP contribution in [0, 0.1) is 19.7 Å². The summed E-state index contributed by atoms with van der Waals surface area (Å²) in [5.74, 6) is -0.234. The van der Waals surface area contributed by atoms with Crippen molar-refractivity contribution in [3.05, 3.63) is 65.0 Å². The van der Waals surface area contributed by atoms with Gasteiger partial charge >= 0.3 is 0 Å². The molecule has 2 unspecified atom stereocenters. The minimum absolute atomic E-state index is 0.212. The first-order chi connectivity index (χ1) is 9.49. The first-order valence-corrected chi connectivity index (χ1v) is 7.76. The molecule has 0 saturated heterocycles. The fourth-order valence-electron chi connectivity index (χ4n) is 1.97. The molecule has 2 rings (SSSR count). The van der Waals surface area contributed by atoms with Crippen molar-refractivity contribution in [3.8, 4) is 0 Å². The fourth-order valence-corrected chi connectivity index (χ4v) is 3.19. The van der Waals surface area contributed by atoms with E-state index >= 15 is 0 Å². The zero-order valence-corrected chi connectivity index (χ0v) is 12.4. The van der Waals surface area contributed by atoms with E-state index in [1.54, 1.807) is 18.2 Å². The lowest BCUT2D eigenvalue weighted by Crippen LogP contribution is -2.19. The minimum Gasteiger partial charge on any atom is -0.323 e. The van der Waals surface area contributed by atoms with Crippen LogP contribution in [0.3, 0.4) is 0 Å². The third kappa shape index (κ3) is 3.32. The van der Waals surface area contributed by atoms with E-state index in [0.717, 1.165) is 11.1 Å². The molecular weight excluding hydrogens is 273 g/mol. The summed E-state index contributed by atoms with van der Waals surface area (Å²) in [7, 11) is -1.44. The second-order valence-electron chi connectivity index (χ2n) is 4.89. The molecule has 0 aliphatic heterocycles. The summed E-state index contributed by atoms with van der Waals surface area (Å²) in [6.07, 6.45) is 0. The highest BCUT2D eigenvalue weighted by atomic mass is 32.2. The molecule has 0 aromatic heterocycles. The van der Waals surface area contributed by atoms with Crippen molar-refractivity contribution in [3.63, 3.8) is 0 Å². The number of nitrogens with two attached hydrogens (primary N) is 1. The maximum atomic E-state index is 13.6. The third-order valence-corrected chi connectivity index (χ3v) is 4.86. The normalized spacial score (nSPS) is 14.0. The molecule has 2 N–H and O–H groups in total. The van der Waals surface area contributed by atoms with Crippen molar-refractivity contribution in [2.45, 2.75) is 24.8 Å². The standard InChI is InChI=1S/C16H18FNOS/c1-11-7-8-13(9-12(11)2)15(18)10-20(19)16-6-4-3-5-14(16)17/h3-9,15H,10,18H2,1-2H3. The van der Waals surface area contributed by atoms with Crippen molar-refractivity contribution >= 4 is 10.8 Å². The van der Waals surface area contributed by atoms with E-state index in [0.29, 0.717) is 0 Å². The molecule has 2 aromatic rings. The van der Waals surface area contributed by atoms with Crippen molar-refractivity contribution in [1.82, 2.24) is 0 Å². The van der Waals surface area contributed by atoms with Crippen LogP contribution in [0.25, 0.3) is 0 Å². The largest absolute Gasteiger partial charge is 0.323 e. The van der Waals surface area contributed by atoms with Gasteiger partial charge in [-0.1, -0.05) is 30.3 Å². The summed E-state index contributed by atoms with van der Waals surface area (Å²) in [6, 6.07) is 11.7. The van der Waals surface area contributed by atoms with Crippen LogP contribution in [0.4, 0.5) is 4.39 Å². The second kappa shape index (κ2) is 6.29. The number of hydrogen-bond acceptors (Lipinski definition) is 2. The van der Waals surface area contributed by atoms with Gasteiger partial charge in [0, 0.05) is 11.8 Å². The maximum absolute atomic E-state index is 13.6. The van der Waals surface area contributed by atoms with Gasteiger partial charge in [0.05, 0.1) is 15.7 Å². The summed E-state index contributed by atoms with van der Waals surface area (Å²) >= 11 is 0. The highest BCUT2D eigenvalue weighted by Gasteiger charge is 2.15. The van der Waals surface area contributed by atoms with Gasteiger partial charge in [0.2, 0.25) is 0 Å². The van der Waals surface area contributed by atoms with E-state index in [1.807, 2.05) is 32.0 Å². The van der Waals surface area contributed by atoms with Gasteiger partial charge in [-0.2, -0.15) is 0 Å². The van der Waals surface area contributed by atoms with Gasteiger partial charge in [-0.25, -0.2) is 4.39 Å². The van der Waals surface area contributed by atoms with E-state index in [4.69, 9.17) is 5.73 Å². The van der Waals surface area contributed by atoms with Crippen LogP contribution in [-0.2, 0) is 10.8 Å². The Balaban J connectivity index is 2.15. The Hall–Kier alpha value is -1.52. The van der Waals surface area contributed by atoms with Crippen molar-refractivity contribution < 1.29 is 8.60 Å². The van der Waals surface area contributed by atoms with E-state index in [2.05, 4.69) is 0 Å². The maximum Gasteiger partial charge on any atom is 0.139 e. The molecule has 0 spiro atoms. The van der Waals surface area contributed by atoms with E-state index in [1.165, 1.54) is 11.6 Å². The van der Waals surface area contributed by atoms with Crippen molar-refractivity contribution in [2.24, 2.45) is 5.73 Å². The molecule has 0 heterocycles. The van der Waals surface area contributed by atoms with Gasteiger partial charge < -0.3 is 5.73 Å². The molecule has 0 bridgehead atoms.